The van der Waals surface area contributed by atoms with Crippen LogP contribution < -0.4 is 14.8 Å². The smallest absolute Gasteiger partial charge is 0.416 e. The number of alkyl halides is 3. The maximum atomic E-state index is 12.8. The summed E-state index contributed by atoms with van der Waals surface area (Å²) in [4.78, 5) is 12.3. The van der Waals surface area contributed by atoms with Gasteiger partial charge in [0.25, 0.3) is 5.91 Å². The number of carbonyl (C=O) groups excluding carboxylic acids is 1. The second-order valence-corrected chi connectivity index (χ2v) is 5.39. The van der Waals surface area contributed by atoms with E-state index in [1.165, 1.54) is 12.1 Å². The molecule has 7 heteroatoms. The van der Waals surface area contributed by atoms with Gasteiger partial charge in [-0.1, -0.05) is 12.1 Å². The first kappa shape index (κ1) is 16.2. The summed E-state index contributed by atoms with van der Waals surface area (Å²) in [6.07, 6.45) is -4.42. The molecule has 1 amide bonds. The van der Waals surface area contributed by atoms with E-state index in [1.54, 1.807) is 25.1 Å². The molecular formula is C17H14F3NO3. The lowest BCUT2D eigenvalue weighted by Crippen LogP contribution is -2.26. The highest BCUT2D eigenvalue weighted by Gasteiger charge is 2.30. The van der Waals surface area contributed by atoms with E-state index in [0.29, 0.717) is 22.6 Å². The monoisotopic (exact) mass is 337 g/mol. The molecule has 1 aliphatic rings. The number of ether oxygens (including phenoxy) is 2. The van der Waals surface area contributed by atoms with Crippen molar-refractivity contribution in [3.05, 3.63) is 59.2 Å². The van der Waals surface area contributed by atoms with E-state index in [1.807, 2.05) is 0 Å². The molecule has 1 heterocycles. The van der Waals surface area contributed by atoms with Crippen molar-refractivity contribution >= 4 is 5.91 Å². The summed E-state index contributed by atoms with van der Waals surface area (Å²) < 4.78 is 48.7. The number of fused-ring (bicyclic) bond motifs is 1. The van der Waals surface area contributed by atoms with Gasteiger partial charge in [0.2, 0.25) is 6.79 Å². The molecule has 24 heavy (non-hydrogen) atoms. The second-order valence-electron chi connectivity index (χ2n) is 5.39. The summed E-state index contributed by atoms with van der Waals surface area (Å²) in [6.45, 7) is 1.72. The van der Waals surface area contributed by atoms with Crippen LogP contribution in [0.3, 0.4) is 0 Å². The summed E-state index contributed by atoms with van der Waals surface area (Å²) in [6, 6.07) is 9.04. The lowest BCUT2D eigenvalue weighted by Gasteiger charge is -2.16. The van der Waals surface area contributed by atoms with E-state index in [0.717, 1.165) is 12.1 Å². The molecule has 1 N–H and O–H groups in total. The van der Waals surface area contributed by atoms with Gasteiger partial charge in [0.1, 0.15) is 0 Å². The molecule has 0 bridgehead atoms. The van der Waals surface area contributed by atoms with Crippen LogP contribution in [0.2, 0.25) is 0 Å². The van der Waals surface area contributed by atoms with Crippen LogP contribution in [0.15, 0.2) is 42.5 Å². The average molecular weight is 337 g/mol. The van der Waals surface area contributed by atoms with E-state index in [2.05, 4.69) is 5.32 Å². The van der Waals surface area contributed by atoms with Crippen molar-refractivity contribution in [2.75, 3.05) is 6.79 Å². The van der Waals surface area contributed by atoms with E-state index >= 15 is 0 Å². The van der Waals surface area contributed by atoms with Crippen molar-refractivity contribution in [1.29, 1.82) is 0 Å². The van der Waals surface area contributed by atoms with Crippen LogP contribution in [0.4, 0.5) is 13.2 Å². The van der Waals surface area contributed by atoms with Crippen LogP contribution in [0.1, 0.15) is 34.5 Å². The minimum Gasteiger partial charge on any atom is -0.454 e. The van der Waals surface area contributed by atoms with Crippen molar-refractivity contribution in [3.8, 4) is 11.5 Å². The number of rotatable bonds is 3. The first-order valence-corrected chi connectivity index (χ1v) is 7.22. The topological polar surface area (TPSA) is 47.6 Å². The Kier molecular flexibility index (Phi) is 4.09. The normalized spacial score (nSPS) is 14.3. The van der Waals surface area contributed by atoms with Crippen molar-refractivity contribution < 1.29 is 27.4 Å². The van der Waals surface area contributed by atoms with E-state index < -0.39 is 23.7 Å². The van der Waals surface area contributed by atoms with Crippen LogP contribution in [0, 0.1) is 0 Å². The number of amides is 1. The quantitative estimate of drug-likeness (QED) is 0.923. The van der Waals surface area contributed by atoms with Gasteiger partial charge < -0.3 is 14.8 Å². The highest BCUT2D eigenvalue weighted by atomic mass is 19.4. The number of benzene rings is 2. The van der Waals surface area contributed by atoms with E-state index in [-0.39, 0.29) is 6.79 Å². The lowest BCUT2D eigenvalue weighted by atomic mass is 10.0. The zero-order valence-corrected chi connectivity index (χ0v) is 12.7. The Balaban J connectivity index is 1.75. The lowest BCUT2D eigenvalue weighted by molar-refractivity contribution is -0.137. The second kappa shape index (κ2) is 6.07. The van der Waals surface area contributed by atoms with Crippen LogP contribution in [0.5, 0.6) is 11.5 Å². The molecule has 3 rings (SSSR count). The maximum Gasteiger partial charge on any atom is 0.416 e. The van der Waals surface area contributed by atoms with Gasteiger partial charge in [-0.25, -0.2) is 0 Å². The molecule has 0 fully saturated rings. The molecule has 0 radical (unpaired) electrons. The highest BCUT2D eigenvalue weighted by molar-refractivity contribution is 5.95. The number of hydrogen-bond acceptors (Lipinski definition) is 3. The molecule has 1 atom stereocenters. The molecular weight excluding hydrogens is 323 g/mol. The third kappa shape index (κ3) is 3.29. The molecule has 0 saturated heterocycles. The number of carbonyl (C=O) groups is 1. The van der Waals surface area contributed by atoms with Gasteiger partial charge in [-0.05, 0) is 42.8 Å². The van der Waals surface area contributed by atoms with Crippen molar-refractivity contribution in [3.63, 3.8) is 0 Å². The fraction of sp³-hybridized carbons (Fsp3) is 0.235. The Labute approximate surface area is 136 Å². The number of halogens is 3. The molecule has 126 valence electrons. The van der Waals surface area contributed by atoms with Gasteiger partial charge in [0.15, 0.2) is 11.5 Å². The summed E-state index contributed by atoms with van der Waals surface area (Å²) in [5.41, 5.74) is -0.0267. The Morgan fingerprint density at radius 3 is 2.62 bits per heavy atom. The summed E-state index contributed by atoms with van der Waals surface area (Å²) in [5.74, 6) is 0.616. The van der Waals surface area contributed by atoms with E-state index in [4.69, 9.17) is 9.47 Å². The van der Waals surface area contributed by atoms with Crippen LogP contribution in [0.25, 0.3) is 0 Å². The van der Waals surface area contributed by atoms with Gasteiger partial charge in [-0.2, -0.15) is 13.2 Å². The van der Waals surface area contributed by atoms with Gasteiger partial charge in [0, 0.05) is 5.56 Å². The Morgan fingerprint density at radius 1 is 1.12 bits per heavy atom. The van der Waals surface area contributed by atoms with Crippen molar-refractivity contribution in [2.45, 2.75) is 19.1 Å². The number of nitrogens with one attached hydrogen (secondary N) is 1. The minimum absolute atomic E-state index is 0.0983. The van der Waals surface area contributed by atoms with Gasteiger partial charge in [-0.15, -0.1) is 0 Å². The number of hydrogen-bond donors (Lipinski definition) is 1. The zero-order valence-electron chi connectivity index (χ0n) is 12.7. The Hall–Kier alpha value is -2.70. The molecule has 0 aromatic heterocycles. The third-order valence-corrected chi connectivity index (χ3v) is 3.70. The molecule has 0 aliphatic carbocycles. The van der Waals surface area contributed by atoms with Crippen molar-refractivity contribution in [1.82, 2.24) is 5.32 Å². The summed E-state index contributed by atoms with van der Waals surface area (Å²) in [7, 11) is 0. The molecule has 0 unspecified atom stereocenters. The predicted molar refractivity (Wildman–Crippen MR) is 79.9 cm³/mol. The standard InChI is InChI=1S/C17H14F3NO3/c1-10(11-3-2-4-13(7-11)17(18,19)20)21-16(22)12-5-6-14-15(8-12)24-9-23-14/h2-8,10H,9H2,1H3,(H,21,22)/t10-/m0/s1. The molecule has 1 aliphatic heterocycles. The molecule has 0 spiro atoms. The first-order chi connectivity index (χ1) is 11.3. The molecule has 2 aromatic rings. The van der Waals surface area contributed by atoms with Crippen LogP contribution in [-0.4, -0.2) is 12.7 Å². The first-order valence-electron chi connectivity index (χ1n) is 7.22. The highest BCUT2D eigenvalue weighted by Crippen LogP contribution is 2.33. The van der Waals surface area contributed by atoms with Gasteiger partial charge >= 0.3 is 6.18 Å². The largest absolute Gasteiger partial charge is 0.454 e. The SMILES string of the molecule is C[C@H](NC(=O)c1ccc2c(c1)OCO2)c1cccc(C(F)(F)F)c1. The van der Waals surface area contributed by atoms with Crippen LogP contribution in [-0.2, 0) is 6.18 Å². The fourth-order valence-electron chi connectivity index (χ4n) is 2.39. The van der Waals surface area contributed by atoms with Gasteiger partial charge in [-0.3, -0.25) is 4.79 Å². The molecule has 2 aromatic carbocycles. The van der Waals surface area contributed by atoms with Gasteiger partial charge in [0.05, 0.1) is 11.6 Å². The average Bonchev–Trinajstić information content (AvgIpc) is 3.01. The van der Waals surface area contributed by atoms with Crippen LogP contribution >= 0.6 is 0 Å². The zero-order chi connectivity index (χ0) is 17.3. The molecule has 4 nitrogen and oxygen atoms in total. The predicted octanol–water partition coefficient (Wildman–Crippen LogP) is 3.93. The third-order valence-electron chi connectivity index (χ3n) is 3.70. The minimum atomic E-state index is -4.42. The summed E-state index contributed by atoms with van der Waals surface area (Å²) >= 11 is 0. The fourth-order valence-corrected chi connectivity index (χ4v) is 2.39. The maximum absolute atomic E-state index is 12.8. The Bertz CT molecular complexity index is 774. The van der Waals surface area contributed by atoms with E-state index in [9.17, 15) is 18.0 Å². The Morgan fingerprint density at radius 2 is 1.88 bits per heavy atom. The van der Waals surface area contributed by atoms with Crippen molar-refractivity contribution in [2.24, 2.45) is 0 Å². The molecule has 0 saturated carbocycles. The summed E-state index contributed by atoms with van der Waals surface area (Å²) in [5, 5.41) is 2.68.